The van der Waals surface area contributed by atoms with Crippen LogP contribution in [0.5, 0.6) is 0 Å². The summed E-state index contributed by atoms with van der Waals surface area (Å²) in [6.07, 6.45) is 2.50. The number of fused-ring (bicyclic) bond motifs is 1. The lowest BCUT2D eigenvalue weighted by Gasteiger charge is -2.29. The second kappa shape index (κ2) is 6.93. The van der Waals surface area contributed by atoms with Crippen LogP contribution in [-0.2, 0) is 16.0 Å². The van der Waals surface area contributed by atoms with Gasteiger partial charge >= 0.3 is 0 Å². The van der Waals surface area contributed by atoms with E-state index in [9.17, 15) is 4.79 Å². The van der Waals surface area contributed by atoms with Gasteiger partial charge in [0.25, 0.3) is 0 Å². The number of H-pyrrole nitrogens is 1. The fraction of sp³-hybridized carbons (Fsp3) is 0.400. The minimum atomic E-state index is -0.493. The molecule has 1 aromatic carbocycles. The third-order valence-corrected chi connectivity index (χ3v) is 3.75. The molecule has 0 bridgehead atoms. The lowest BCUT2D eigenvalue weighted by atomic mass is 10.0. The van der Waals surface area contributed by atoms with E-state index in [2.05, 4.69) is 4.98 Å². The van der Waals surface area contributed by atoms with Crippen LogP contribution in [0, 0.1) is 0 Å². The molecule has 1 unspecified atom stereocenters. The highest BCUT2D eigenvalue weighted by atomic mass is 35.5. The summed E-state index contributed by atoms with van der Waals surface area (Å²) in [6, 6.07) is 7.56. The highest BCUT2D eigenvalue weighted by Crippen LogP contribution is 2.19. The number of hydrogen-bond donors (Lipinski definition) is 2. The number of nitrogens with zero attached hydrogens (tertiary/aromatic N) is 1. The van der Waals surface area contributed by atoms with Crippen molar-refractivity contribution in [1.29, 1.82) is 0 Å². The van der Waals surface area contributed by atoms with E-state index < -0.39 is 6.04 Å². The van der Waals surface area contributed by atoms with Gasteiger partial charge in [-0.3, -0.25) is 4.79 Å². The first-order valence-electron chi connectivity index (χ1n) is 6.93. The van der Waals surface area contributed by atoms with Crippen LogP contribution in [0.1, 0.15) is 5.56 Å². The number of nitrogens with two attached hydrogens (primary N) is 1. The minimum Gasteiger partial charge on any atom is -0.378 e. The summed E-state index contributed by atoms with van der Waals surface area (Å²) in [5, 5.41) is 1.14. The fourth-order valence-electron chi connectivity index (χ4n) is 2.64. The van der Waals surface area contributed by atoms with E-state index in [0.717, 1.165) is 16.5 Å². The van der Waals surface area contributed by atoms with Gasteiger partial charge in [0, 0.05) is 30.2 Å². The van der Waals surface area contributed by atoms with Crippen molar-refractivity contribution in [2.45, 2.75) is 12.5 Å². The molecule has 0 radical (unpaired) electrons. The van der Waals surface area contributed by atoms with Crippen LogP contribution in [0.25, 0.3) is 10.9 Å². The number of aromatic nitrogens is 1. The maximum Gasteiger partial charge on any atom is 0.239 e. The van der Waals surface area contributed by atoms with Gasteiger partial charge < -0.3 is 20.4 Å². The van der Waals surface area contributed by atoms with Crippen LogP contribution in [0.4, 0.5) is 0 Å². The molecule has 0 saturated carbocycles. The van der Waals surface area contributed by atoms with Gasteiger partial charge in [0.1, 0.15) is 0 Å². The number of morpholine rings is 1. The number of ether oxygens (including phenoxy) is 1. The summed E-state index contributed by atoms with van der Waals surface area (Å²) < 4.78 is 5.25. The van der Waals surface area contributed by atoms with E-state index in [1.807, 2.05) is 30.5 Å². The van der Waals surface area contributed by atoms with Gasteiger partial charge in [0.2, 0.25) is 5.91 Å². The number of carbonyl (C=O) groups excluding carboxylic acids is 1. The van der Waals surface area contributed by atoms with E-state index >= 15 is 0 Å². The Balaban J connectivity index is 0.00000161. The van der Waals surface area contributed by atoms with E-state index in [1.54, 1.807) is 4.90 Å². The maximum atomic E-state index is 12.3. The van der Waals surface area contributed by atoms with Gasteiger partial charge in [0.05, 0.1) is 19.3 Å². The number of benzene rings is 1. The highest BCUT2D eigenvalue weighted by molar-refractivity contribution is 5.86. The van der Waals surface area contributed by atoms with Gasteiger partial charge in [-0.2, -0.15) is 0 Å². The van der Waals surface area contributed by atoms with Crippen LogP contribution < -0.4 is 5.73 Å². The Morgan fingerprint density at radius 3 is 2.81 bits per heavy atom. The molecule has 5 nitrogen and oxygen atoms in total. The second-order valence-electron chi connectivity index (χ2n) is 5.11. The van der Waals surface area contributed by atoms with E-state index in [4.69, 9.17) is 10.5 Å². The molecule has 0 aliphatic carbocycles. The molecule has 114 valence electrons. The molecule has 1 fully saturated rings. The minimum absolute atomic E-state index is 0. The molecule has 0 spiro atoms. The first-order chi connectivity index (χ1) is 9.75. The summed E-state index contributed by atoms with van der Waals surface area (Å²) in [6.45, 7) is 2.48. The highest BCUT2D eigenvalue weighted by Gasteiger charge is 2.23. The maximum absolute atomic E-state index is 12.3. The summed E-state index contributed by atoms with van der Waals surface area (Å²) in [5.41, 5.74) is 8.25. The molecule has 1 aliphatic heterocycles. The Kier molecular flexibility index (Phi) is 5.22. The van der Waals surface area contributed by atoms with E-state index in [1.165, 1.54) is 0 Å². The number of carbonyl (C=O) groups is 1. The topological polar surface area (TPSA) is 71.4 Å². The molecule has 1 saturated heterocycles. The Hall–Kier alpha value is -1.56. The van der Waals surface area contributed by atoms with Crippen molar-refractivity contribution in [2.24, 2.45) is 5.73 Å². The van der Waals surface area contributed by atoms with E-state index in [-0.39, 0.29) is 18.3 Å². The Morgan fingerprint density at radius 1 is 1.33 bits per heavy atom. The fourth-order valence-corrected chi connectivity index (χ4v) is 2.64. The van der Waals surface area contributed by atoms with Crippen molar-refractivity contribution in [2.75, 3.05) is 26.3 Å². The second-order valence-corrected chi connectivity index (χ2v) is 5.11. The molecule has 3 rings (SSSR count). The molecular weight excluding hydrogens is 290 g/mol. The van der Waals surface area contributed by atoms with Crippen molar-refractivity contribution in [1.82, 2.24) is 9.88 Å². The molecule has 6 heteroatoms. The lowest BCUT2D eigenvalue weighted by molar-refractivity contribution is -0.136. The quantitative estimate of drug-likeness (QED) is 0.898. The first kappa shape index (κ1) is 15.8. The third-order valence-electron chi connectivity index (χ3n) is 3.75. The van der Waals surface area contributed by atoms with Crippen LogP contribution in [-0.4, -0.2) is 48.1 Å². The van der Waals surface area contributed by atoms with Crippen LogP contribution in [0.3, 0.4) is 0 Å². The molecular formula is C15H20ClN3O2. The first-order valence-corrected chi connectivity index (χ1v) is 6.93. The zero-order chi connectivity index (χ0) is 13.9. The Labute approximate surface area is 129 Å². The van der Waals surface area contributed by atoms with Crippen LogP contribution in [0.15, 0.2) is 30.5 Å². The number of hydrogen-bond acceptors (Lipinski definition) is 3. The lowest BCUT2D eigenvalue weighted by Crippen LogP contribution is -2.49. The van der Waals surface area contributed by atoms with Crippen molar-refractivity contribution in [3.63, 3.8) is 0 Å². The summed E-state index contributed by atoms with van der Waals surface area (Å²) in [5.74, 6) is 0.0126. The van der Waals surface area contributed by atoms with Gasteiger partial charge in [0.15, 0.2) is 0 Å². The number of amides is 1. The largest absolute Gasteiger partial charge is 0.378 e. The average molecular weight is 310 g/mol. The zero-order valence-corrected chi connectivity index (χ0v) is 12.6. The van der Waals surface area contributed by atoms with E-state index in [0.29, 0.717) is 32.7 Å². The normalized spacial score (nSPS) is 16.5. The SMILES string of the molecule is Cl.NC(Cc1c[nH]c2ccccc12)C(=O)N1CCOCC1. The Bertz CT molecular complexity index is 608. The Morgan fingerprint density at radius 2 is 2.05 bits per heavy atom. The van der Waals surface area contributed by atoms with Crippen LogP contribution >= 0.6 is 12.4 Å². The van der Waals surface area contributed by atoms with Crippen molar-refractivity contribution in [3.8, 4) is 0 Å². The molecule has 1 amide bonds. The van der Waals surface area contributed by atoms with Crippen molar-refractivity contribution < 1.29 is 9.53 Å². The molecule has 21 heavy (non-hydrogen) atoms. The molecule has 3 N–H and O–H groups in total. The summed E-state index contributed by atoms with van der Waals surface area (Å²) in [7, 11) is 0. The predicted molar refractivity (Wildman–Crippen MR) is 84.6 cm³/mol. The average Bonchev–Trinajstić information content (AvgIpc) is 2.91. The third kappa shape index (κ3) is 3.37. The number of rotatable bonds is 3. The molecule has 2 aromatic rings. The zero-order valence-electron chi connectivity index (χ0n) is 11.7. The molecule has 1 aromatic heterocycles. The number of para-hydroxylation sites is 1. The summed E-state index contributed by atoms with van der Waals surface area (Å²) >= 11 is 0. The van der Waals surface area contributed by atoms with Crippen LogP contribution in [0.2, 0.25) is 0 Å². The van der Waals surface area contributed by atoms with Gasteiger partial charge in [-0.1, -0.05) is 18.2 Å². The number of aromatic amines is 1. The molecule has 1 atom stereocenters. The van der Waals surface area contributed by atoms with Gasteiger partial charge in [-0.15, -0.1) is 12.4 Å². The monoisotopic (exact) mass is 309 g/mol. The number of halogens is 1. The molecule has 2 heterocycles. The number of nitrogens with one attached hydrogen (secondary N) is 1. The predicted octanol–water partition coefficient (Wildman–Crippen LogP) is 1.32. The van der Waals surface area contributed by atoms with Crippen molar-refractivity contribution >= 4 is 29.2 Å². The van der Waals surface area contributed by atoms with Gasteiger partial charge in [-0.05, 0) is 18.1 Å². The summed E-state index contributed by atoms with van der Waals surface area (Å²) in [4.78, 5) is 17.3. The molecule has 1 aliphatic rings. The van der Waals surface area contributed by atoms with Crippen molar-refractivity contribution in [3.05, 3.63) is 36.0 Å². The standard InChI is InChI=1S/C15H19N3O2.ClH/c16-13(15(19)18-5-7-20-8-6-18)9-11-10-17-14-4-2-1-3-12(11)14;/h1-4,10,13,17H,5-9,16H2;1H. The smallest absolute Gasteiger partial charge is 0.239 e. The van der Waals surface area contributed by atoms with Gasteiger partial charge in [-0.25, -0.2) is 0 Å².